The molecule has 0 spiro atoms. The molecule has 1 aliphatic heterocycles. The largest absolute Gasteiger partial charge is 0.336 e. The Morgan fingerprint density at radius 3 is 2.56 bits per heavy atom. The Kier molecular flexibility index (Phi) is 3.95. The molecule has 0 N–H and O–H groups in total. The summed E-state index contributed by atoms with van der Waals surface area (Å²) in [5.74, 6) is -0.612. The number of carbonyl (C=O) groups excluding carboxylic acids is 1. The summed E-state index contributed by atoms with van der Waals surface area (Å²) < 4.78 is 13.7. The van der Waals surface area contributed by atoms with Crippen LogP contribution in [0.25, 0.3) is 0 Å². The van der Waals surface area contributed by atoms with Gasteiger partial charge in [-0.3, -0.25) is 4.79 Å². The summed E-state index contributed by atoms with van der Waals surface area (Å²) in [6.07, 6.45) is 0. The Labute approximate surface area is 112 Å². The lowest BCUT2D eigenvalue weighted by Crippen LogP contribution is -2.44. The number of hydrogen-bond donors (Lipinski definition) is 0. The molecular weight excluding hydrogens is 249 g/mol. The van der Waals surface area contributed by atoms with E-state index in [1.54, 1.807) is 17.0 Å². The van der Waals surface area contributed by atoms with Crippen molar-refractivity contribution in [3.05, 3.63) is 35.1 Å². The molecule has 1 aromatic carbocycles. The first-order valence-electron chi connectivity index (χ1n) is 6.18. The standard InChI is InChI=1S/C14H18FNOS/c1-9-4-5-13(15)12(6-9)14(17)16-7-10(2)18-11(3)8-16/h4-6,10-11H,7-8H2,1-3H3. The second-order valence-corrected chi connectivity index (χ2v) is 6.83. The number of carbonyl (C=O) groups is 1. The van der Waals surface area contributed by atoms with Crippen LogP contribution in [-0.2, 0) is 0 Å². The second-order valence-electron chi connectivity index (χ2n) is 4.95. The van der Waals surface area contributed by atoms with Crippen LogP contribution < -0.4 is 0 Å². The van der Waals surface area contributed by atoms with Crippen molar-refractivity contribution in [2.75, 3.05) is 13.1 Å². The van der Waals surface area contributed by atoms with Crippen LogP contribution in [0.4, 0.5) is 4.39 Å². The Morgan fingerprint density at radius 1 is 1.33 bits per heavy atom. The molecule has 1 aromatic rings. The number of halogens is 1. The molecule has 2 atom stereocenters. The van der Waals surface area contributed by atoms with E-state index in [9.17, 15) is 9.18 Å². The van der Waals surface area contributed by atoms with Crippen LogP contribution in [-0.4, -0.2) is 34.4 Å². The second kappa shape index (κ2) is 5.31. The van der Waals surface area contributed by atoms with Gasteiger partial charge < -0.3 is 4.90 Å². The fraction of sp³-hybridized carbons (Fsp3) is 0.500. The Hall–Kier alpha value is -1.03. The van der Waals surface area contributed by atoms with Crippen molar-refractivity contribution in [1.82, 2.24) is 4.90 Å². The SMILES string of the molecule is Cc1ccc(F)c(C(=O)N2CC(C)SC(C)C2)c1. The highest BCUT2D eigenvalue weighted by Gasteiger charge is 2.27. The predicted molar refractivity (Wildman–Crippen MR) is 73.6 cm³/mol. The van der Waals surface area contributed by atoms with Crippen molar-refractivity contribution in [2.45, 2.75) is 31.3 Å². The summed E-state index contributed by atoms with van der Waals surface area (Å²) in [4.78, 5) is 14.1. The van der Waals surface area contributed by atoms with Gasteiger partial charge in [-0.2, -0.15) is 11.8 Å². The van der Waals surface area contributed by atoms with Gasteiger partial charge in [-0.25, -0.2) is 4.39 Å². The van der Waals surface area contributed by atoms with Crippen LogP contribution in [0, 0.1) is 12.7 Å². The summed E-state index contributed by atoms with van der Waals surface area (Å²) in [7, 11) is 0. The Balaban J connectivity index is 2.22. The molecule has 1 amide bonds. The van der Waals surface area contributed by atoms with Gasteiger partial charge in [0, 0.05) is 23.6 Å². The molecule has 0 bridgehead atoms. The van der Waals surface area contributed by atoms with Crippen molar-refractivity contribution in [2.24, 2.45) is 0 Å². The van der Waals surface area contributed by atoms with Gasteiger partial charge in [0.25, 0.3) is 5.91 Å². The minimum Gasteiger partial charge on any atom is -0.336 e. The van der Waals surface area contributed by atoms with E-state index in [1.165, 1.54) is 6.07 Å². The van der Waals surface area contributed by atoms with E-state index in [-0.39, 0.29) is 11.5 Å². The van der Waals surface area contributed by atoms with Crippen LogP contribution in [0.15, 0.2) is 18.2 Å². The van der Waals surface area contributed by atoms with Crippen LogP contribution in [0.3, 0.4) is 0 Å². The number of hydrogen-bond acceptors (Lipinski definition) is 2. The first-order valence-corrected chi connectivity index (χ1v) is 7.12. The molecule has 2 nitrogen and oxygen atoms in total. The topological polar surface area (TPSA) is 20.3 Å². The zero-order valence-electron chi connectivity index (χ0n) is 10.9. The maximum Gasteiger partial charge on any atom is 0.256 e. The lowest BCUT2D eigenvalue weighted by molar-refractivity contribution is 0.0748. The number of amides is 1. The highest BCUT2D eigenvalue weighted by atomic mass is 32.2. The molecule has 0 aliphatic carbocycles. The predicted octanol–water partition coefficient (Wildman–Crippen LogP) is 3.10. The number of aryl methyl sites for hydroxylation is 1. The summed E-state index contributed by atoms with van der Waals surface area (Å²) in [5.41, 5.74) is 1.11. The fourth-order valence-corrected chi connectivity index (χ4v) is 3.64. The summed E-state index contributed by atoms with van der Waals surface area (Å²) in [5, 5.41) is 0.816. The van der Waals surface area contributed by atoms with Crippen molar-refractivity contribution < 1.29 is 9.18 Å². The molecule has 98 valence electrons. The van der Waals surface area contributed by atoms with E-state index in [0.29, 0.717) is 23.6 Å². The number of thioether (sulfide) groups is 1. The monoisotopic (exact) mass is 267 g/mol. The van der Waals surface area contributed by atoms with Crippen LogP contribution >= 0.6 is 11.8 Å². The zero-order valence-corrected chi connectivity index (χ0v) is 11.8. The minimum absolute atomic E-state index is 0.185. The van der Waals surface area contributed by atoms with E-state index >= 15 is 0 Å². The maximum atomic E-state index is 13.7. The summed E-state index contributed by atoms with van der Waals surface area (Å²) in [6.45, 7) is 7.47. The smallest absolute Gasteiger partial charge is 0.256 e. The molecule has 1 aliphatic rings. The third-order valence-electron chi connectivity index (χ3n) is 3.06. The third kappa shape index (κ3) is 2.86. The molecule has 1 saturated heterocycles. The van der Waals surface area contributed by atoms with Gasteiger partial charge >= 0.3 is 0 Å². The number of rotatable bonds is 1. The molecule has 0 saturated carbocycles. The van der Waals surface area contributed by atoms with E-state index in [4.69, 9.17) is 0 Å². The van der Waals surface area contributed by atoms with Gasteiger partial charge in [0.2, 0.25) is 0 Å². The summed E-state index contributed by atoms with van der Waals surface area (Å²) >= 11 is 1.88. The Morgan fingerprint density at radius 2 is 1.94 bits per heavy atom. The summed E-state index contributed by atoms with van der Waals surface area (Å²) in [6, 6.07) is 4.69. The molecule has 2 rings (SSSR count). The van der Waals surface area contributed by atoms with Crippen molar-refractivity contribution in [3.8, 4) is 0 Å². The first kappa shape index (κ1) is 13.4. The van der Waals surface area contributed by atoms with Gasteiger partial charge in [0.1, 0.15) is 5.82 Å². The average Bonchev–Trinajstić information content (AvgIpc) is 2.30. The van der Waals surface area contributed by atoms with Gasteiger partial charge in [-0.15, -0.1) is 0 Å². The van der Waals surface area contributed by atoms with Crippen LogP contribution in [0.2, 0.25) is 0 Å². The highest BCUT2D eigenvalue weighted by Crippen LogP contribution is 2.26. The molecular formula is C14H18FNOS. The van der Waals surface area contributed by atoms with Crippen molar-refractivity contribution in [3.63, 3.8) is 0 Å². The molecule has 18 heavy (non-hydrogen) atoms. The maximum absolute atomic E-state index is 13.7. The Bertz CT molecular complexity index is 453. The zero-order chi connectivity index (χ0) is 13.3. The molecule has 1 fully saturated rings. The lowest BCUT2D eigenvalue weighted by atomic mass is 10.1. The van der Waals surface area contributed by atoms with Gasteiger partial charge in [-0.1, -0.05) is 25.5 Å². The van der Waals surface area contributed by atoms with E-state index in [2.05, 4.69) is 13.8 Å². The lowest BCUT2D eigenvalue weighted by Gasteiger charge is -2.34. The average molecular weight is 267 g/mol. The van der Waals surface area contributed by atoms with Gasteiger partial charge in [0.15, 0.2) is 0 Å². The molecule has 4 heteroatoms. The van der Waals surface area contributed by atoms with Gasteiger partial charge in [0.05, 0.1) is 5.56 Å². The quantitative estimate of drug-likeness (QED) is 0.779. The fourth-order valence-electron chi connectivity index (χ4n) is 2.32. The van der Waals surface area contributed by atoms with E-state index in [1.807, 2.05) is 18.7 Å². The number of benzene rings is 1. The van der Waals surface area contributed by atoms with E-state index in [0.717, 1.165) is 5.56 Å². The molecule has 1 heterocycles. The van der Waals surface area contributed by atoms with Crippen LogP contribution in [0.5, 0.6) is 0 Å². The molecule has 0 radical (unpaired) electrons. The minimum atomic E-state index is -0.427. The molecule has 2 unspecified atom stereocenters. The third-order valence-corrected chi connectivity index (χ3v) is 4.29. The van der Waals surface area contributed by atoms with E-state index < -0.39 is 5.82 Å². The molecule has 0 aromatic heterocycles. The number of nitrogens with zero attached hydrogens (tertiary/aromatic N) is 1. The first-order chi connectivity index (χ1) is 8.47. The normalized spacial score (nSPS) is 24.1. The van der Waals surface area contributed by atoms with Crippen LogP contribution in [0.1, 0.15) is 29.8 Å². The highest BCUT2D eigenvalue weighted by molar-refractivity contribution is 8.00. The van der Waals surface area contributed by atoms with Crippen molar-refractivity contribution >= 4 is 17.7 Å². The van der Waals surface area contributed by atoms with Crippen molar-refractivity contribution in [1.29, 1.82) is 0 Å². The van der Waals surface area contributed by atoms with Gasteiger partial charge in [-0.05, 0) is 19.1 Å².